The molecule has 0 N–H and O–H groups in total. The number of ether oxygens (including phenoxy) is 1. The summed E-state index contributed by atoms with van der Waals surface area (Å²) in [6.07, 6.45) is 5.21. The molecule has 0 saturated carbocycles. The van der Waals surface area contributed by atoms with Gasteiger partial charge in [0.25, 0.3) is 0 Å². The van der Waals surface area contributed by atoms with Crippen LogP contribution in [0.2, 0.25) is 0 Å². The Labute approximate surface area is 167 Å². The molecule has 0 bridgehead atoms. The van der Waals surface area contributed by atoms with Crippen LogP contribution in [-0.2, 0) is 13.0 Å². The van der Waals surface area contributed by atoms with Gasteiger partial charge in [0.15, 0.2) is 0 Å². The van der Waals surface area contributed by atoms with Crippen molar-refractivity contribution in [1.29, 1.82) is 0 Å². The first kappa shape index (κ1) is 18.5. The van der Waals surface area contributed by atoms with Gasteiger partial charge in [-0.3, -0.25) is 4.98 Å². The molecular weight excluding hydrogens is 344 g/mol. The topological polar surface area (TPSA) is 27.1 Å². The third-order valence-electron chi connectivity index (χ3n) is 5.61. The average molecular weight is 373 g/mol. The van der Waals surface area contributed by atoms with E-state index < -0.39 is 0 Å². The summed E-state index contributed by atoms with van der Waals surface area (Å²) in [6, 6.07) is 19.3. The van der Waals surface area contributed by atoms with E-state index in [0.29, 0.717) is 0 Å². The molecule has 2 aromatic heterocycles. The molecule has 0 radical (unpaired) electrons. The lowest BCUT2D eigenvalue weighted by Crippen LogP contribution is -2.13. The molecule has 0 atom stereocenters. The van der Waals surface area contributed by atoms with Crippen LogP contribution >= 0.6 is 0 Å². The Balaban J connectivity index is 1.80. The van der Waals surface area contributed by atoms with Gasteiger partial charge in [-0.15, -0.1) is 0 Å². The molecule has 3 heteroatoms. The van der Waals surface area contributed by atoms with E-state index >= 15 is 0 Å². The number of benzene rings is 2. The minimum Gasteiger partial charge on any atom is -0.490 e. The maximum atomic E-state index is 6.24. The standard InChI is InChI=1S/C25H28N2O/c1-4-20(5-2)28-21-11-12-22-23-13-15-26-18(3)25(23)27(24(22)17-21)16-14-19-9-7-6-8-10-19/h6-13,15,17,20H,4-5,14,16H2,1-3H3. The average Bonchev–Trinajstić information content (AvgIpc) is 3.05. The molecule has 0 spiro atoms. The maximum Gasteiger partial charge on any atom is 0.121 e. The van der Waals surface area contributed by atoms with Crippen LogP contribution in [0.4, 0.5) is 0 Å². The fraction of sp³-hybridized carbons (Fsp3) is 0.320. The van der Waals surface area contributed by atoms with Gasteiger partial charge in [0, 0.05) is 29.6 Å². The zero-order chi connectivity index (χ0) is 19.5. The summed E-state index contributed by atoms with van der Waals surface area (Å²) in [4.78, 5) is 4.56. The Morgan fingerprint density at radius 3 is 2.50 bits per heavy atom. The zero-order valence-electron chi connectivity index (χ0n) is 17.0. The normalized spacial score (nSPS) is 11.6. The van der Waals surface area contributed by atoms with Gasteiger partial charge in [0.2, 0.25) is 0 Å². The van der Waals surface area contributed by atoms with E-state index in [9.17, 15) is 0 Å². The van der Waals surface area contributed by atoms with Gasteiger partial charge in [-0.1, -0.05) is 44.2 Å². The number of hydrogen-bond donors (Lipinski definition) is 0. The molecule has 4 rings (SSSR count). The van der Waals surface area contributed by atoms with Crippen molar-refractivity contribution in [1.82, 2.24) is 9.55 Å². The highest BCUT2D eigenvalue weighted by Gasteiger charge is 2.15. The molecular formula is C25H28N2O. The van der Waals surface area contributed by atoms with Crippen molar-refractivity contribution in [3.8, 4) is 5.75 Å². The van der Waals surface area contributed by atoms with Crippen molar-refractivity contribution in [3.05, 3.63) is 72.1 Å². The lowest BCUT2D eigenvalue weighted by atomic mass is 10.1. The van der Waals surface area contributed by atoms with Crippen molar-refractivity contribution in [3.63, 3.8) is 0 Å². The lowest BCUT2D eigenvalue weighted by molar-refractivity contribution is 0.193. The fourth-order valence-corrected chi connectivity index (χ4v) is 4.04. The van der Waals surface area contributed by atoms with E-state index in [4.69, 9.17) is 4.74 Å². The largest absolute Gasteiger partial charge is 0.490 e. The molecule has 2 heterocycles. The minimum atomic E-state index is 0.267. The van der Waals surface area contributed by atoms with Gasteiger partial charge in [-0.05, 0) is 49.9 Å². The Morgan fingerprint density at radius 1 is 0.964 bits per heavy atom. The second-order valence-corrected chi connectivity index (χ2v) is 7.42. The summed E-state index contributed by atoms with van der Waals surface area (Å²) in [5.41, 5.74) is 4.88. The monoisotopic (exact) mass is 372 g/mol. The first-order valence-corrected chi connectivity index (χ1v) is 10.3. The molecule has 0 amide bonds. The Morgan fingerprint density at radius 2 is 1.75 bits per heavy atom. The smallest absolute Gasteiger partial charge is 0.121 e. The van der Waals surface area contributed by atoms with Crippen LogP contribution in [0, 0.1) is 6.92 Å². The number of rotatable bonds is 7. The second-order valence-electron chi connectivity index (χ2n) is 7.42. The highest BCUT2D eigenvalue weighted by Crippen LogP contribution is 2.33. The van der Waals surface area contributed by atoms with Gasteiger partial charge in [-0.2, -0.15) is 0 Å². The summed E-state index contributed by atoms with van der Waals surface area (Å²) in [5.74, 6) is 0.954. The van der Waals surface area contributed by atoms with Crippen molar-refractivity contribution in [2.75, 3.05) is 0 Å². The van der Waals surface area contributed by atoms with Crippen molar-refractivity contribution in [2.45, 2.75) is 52.7 Å². The molecule has 0 saturated heterocycles. The number of nitrogens with zero attached hydrogens (tertiary/aromatic N) is 2. The van der Waals surface area contributed by atoms with E-state index in [1.54, 1.807) is 0 Å². The van der Waals surface area contributed by atoms with Gasteiger partial charge < -0.3 is 9.30 Å². The van der Waals surface area contributed by atoms with Crippen molar-refractivity contribution < 1.29 is 4.74 Å². The van der Waals surface area contributed by atoms with E-state index in [-0.39, 0.29) is 6.10 Å². The van der Waals surface area contributed by atoms with Gasteiger partial charge >= 0.3 is 0 Å². The molecule has 0 aliphatic carbocycles. The summed E-state index contributed by atoms with van der Waals surface area (Å²) < 4.78 is 8.65. The van der Waals surface area contributed by atoms with E-state index in [1.165, 1.54) is 27.4 Å². The van der Waals surface area contributed by atoms with Crippen molar-refractivity contribution in [2.24, 2.45) is 0 Å². The third-order valence-corrected chi connectivity index (χ3v) is 5.61. The van der Waals surface area contributed by atoms with E-state index in [2.05, 4.69) is 84.9 Å². The molecule has 3 nitrogen and oxygen atoms in total. The van der Waals surface area contributed by atoms with E-state index in [1.807, 2.05) is 6.20 Å². The summed E-state index contributed by atoms with van der Waals surface area (Å²) in [7, 11) is 0. The van der Waals surface area contributed by atoms with Crippen LogP contribution in [0.15, 0.2) is 60.8 Å². The summed E-state index contributed by atoms with van der Waals surface area (Å²) in [6.45, 7) is 7.38. The zero-order valence-corrected chi connectivity index (χ0v) is 17.0. The van der Waals surface area contributed by atoms with Gasteiger partial charge in [0.05, 0.1) is 22.8 Å². The third kappa shape index (κ3) is 3.49. The number of aryl methyl sites for hydroxylation is 3. The molecule has 4 aromatic rings. The molecule has 28 heavy (non-hydrogen) atoms. The highest BCUT2D eigenvalue weighted by atomic mass is 16.5. The van der Waals surface area contributed by atoms with Crippen LogP contribution in [0.3, 0.4) is 0 Å². The lowest BCUT2D eigenvalue weighted by Gasteiger charge is -2.16. The molecule has 0 aliphatic heterocycles. The molecule has 0 fully saturated rings. The predicted molar refractivity (Wildman–Crippen MR) is 117 cm³/mol. The quantitative estimate of drug-likeness (QED) is 0.380. The minimum absolute atomic E-state index is 0.267. The van der Waals surface area contributed by atoms with E-state index in [0.717, 1.165) is 37.3 Å². The summed E-state index contributed by atoms with van der Waals surface area (Å²) >= 11 is 0. The molecule has 0 aliphatic rings. The SMILES string of the molecule is CCC(CC)Oc1ccc2c3ccnc(C)c3n(CCc3ccccc3)c2c1. The first-order valence-electron chi connectivity index (χ1n) is 10.3. The Hall–Kier alpha value is -2.81. The van der Waals surface area contributed by atoms with Gasteiger partial charge in [0.1, 0.15) is 5.75 Å². The van der Waals surface area contributed by atoms with Crippen LogP contribution in [0.5, 0.6) is 5.75 Å². The molecule has 0 unspecified atom stereocenters. The first-order chi connectivity index (χ1) is 13.7. The number of hydrogen-bond acceptors (Lipinski definition) is 2. The number of aromatic nitrogens is 2. The van der Waals surface area contributed by atoms with Crippen molar-refractivity contribution >= 4 is 21.8 Å². The van der Waals surface area contributed by atoms with Crippen LogP contribution in [0.25, 0.3) is 21.8 Å². The maximum absolute atomic E-state index is 6.24. The predicted octanol–water partition coefficient (Wildman–Crippen LogP) is 6.31. The second kappa shape index (κ2) is 8.05. The Bertz CT molecular complexity index is 1080. The van der Waals surface area contributed by atoms with Crippen LogP contribution in [0.1, 0.15) is 37.9 Å². The molecule has 144 valence electrons. The summed E-state index contributed by atoms with van der Waals surface area (Å²) in [5, 5.41) is 2.54. The van der Waals surface area contributed by atoms with Crippen LogP contribution in [-0.4, -0.2) is 15.7 Å². The van der Waals surface area contributed by atoms with Crippen LogP contribution < -0.4 is 4.74 Å². The molecule has 2 aromatic carbocycles. The number of fused-ring (bicyclic) bond motifs is 3. The fourth-order valence-electron chi connectivity index (χ4n) is 4.04. The van der Waals surface area contributed by atoms with Gasteiger partial charge in [-0.25, -0.2) is 0 Å². The number of pyridine rings is 1. The Kier molecular flexibility index (Phi) is 5.34. The highest BCUT2D eigenvalue weighted by molar-refractivity contribution is 6.09.